The maximum Gasteiger partial charge on any atom is 0.307 e. The zero-order chi connectivity index (χ0) is 20.7. The van der Waals surface area contributed by atoms with Crippen LogP contribution in [0, 0.1) is 27.9 Å². The van der Waals surface area contributed by atoms with Crippen molar-refractivity contribution in [2.45, 2.75) is 26.3 Å². The van der Waals surface area contributed by atoms with Gasteiger partial charge in [0.15, 0.2) is 6.61 Å². The molecule has 0 saturated heterocycles. The van der Waals surface area contributed by atoms with E-state index in [-0.39, 0.29) is 37.6 Å². The summed E-state index contributed by atoms with van der Waals surface area (Å²) in [5, 5.41) is 13.4. The number of nitrogens with one attached hydrogen (secondary N) is 1. The van der Waals surface area contributed by atoms with E-state index in [0.29, 0.717) is 5.75 Å². The molecule has 152 valence electrons. The van der Waals surface area contributed by atoms with Crippen LogP contribution in [-0.4, -0.2) is 42.8 Å². The van der Waals surface area contributed by atoms with Crippen molar-refractivity contribution in [3.63, 3.8) is 0 Å². The van der Waals surface area contributed by atoms with E-state index in [1.54, 1.807) is 38.3 Å². The molecule has 1 N–H and O–H groups in total. The Hall–Kier alpha value is -2.97. The molecule has 9 nitrogen and oxygen atoms in total. The summed E-state index contributed by atoms with van der Waals surface area (Å²) in [6.45, 7) is 1.21. The van der Waals surface area contributed by atoms with Crippen molar-refractivity contribution in [3.8, 4) is 5.75 Å². The second-order valence-electron chi connectivity index (χ2n) is 6.92. The fourth-order valence-corrected chi connectivity index (χ4v) is 3.38. The minimum Gasteiger partial charge on any atom is -0.497 e. The van der Waals surface area contributed by atoms with Crippen LogP contribution in [0.1, 0.15) is 25.3 Å². The van der Waals surface area contributed by atoms with Gasteiger partial charge in [-0.1, -0.05) is 19.1 Å². The van der Waals surface area contributed by atoms with Crippen LogP contribution in [-0.2, 0) is 25.7 Å². The number of esters is 1. The van der Waals surface area contributed by atoms with Crippen molar-refractivity contribution in [1.29, 1.82) is 0 Å². The molecule has 1 saturated carbocycles. The third-order valence-electron chi connectivity index (χ3n) is 4.94. The van der Waals surface area contributed by atoms with Crippen LogP contribution in [0.15, 0.2) is 24.3 Å². The van der Waals surface area contributed by atoms with Crippen molar-refractivity contribution in [2.24, 2.45) is 17.8 Å². The number of ketones is 1. The smallest absolute Gasteiger partial charge is 0.307 e. The number of carbonyl (C=O) groups is 3. The van der Waals surface area contributed by atoms with Crippen LogP contribution >= 0.6 is 0 Å². The van der Waals surface area contributed by atoms with Gasteiger partial charge in [-0.25, -0.2) is 0 Å². The molecule has 0 bridgehead atoms. The monoisotopic (exact) mass is 392 g/mol. The summed E-state index contributed by atoms with van der Waals surface area (Å²) in [6, 6.07) is 7.13. The van der Waals surface area contributed by atoms with Crippen molar-refractivity contribution in [2.75, 3.05) is 20.3 Å². The maximum atomic E-state index is 12.0. The Bertz CT molecular complexity index is 732. The first kappa shape index (κ1) is 21.3. The summed E-state index contributed by atoms with van der Waals surface area (Å²) >= 11 is 0. The second-order valence-corrected chi connectivity index (χ2v) is 6.92. The Kier molecular flexibility index (Phi) is 7.48. The lowest BCUT2D eigenvalue weighted by Gasteiger charge is -2.17. The van der Waals surface area contributed by atoms with Gasteiger partial charge in [0.1, 0.15) is 11.5 Å². The normalized spacial score (nSPS) is 21.2. The highest BCUT2D eigenvalue weighted by Gasteiger charge is 2.44. The van der Waals surface area contributed by atoms with E-state index >= 15 is 0 Å². The second kappa shape index (κ2) is 9.82. The molecular formula is C19H24N2O7. The number of rotatable bonds is 9. The summed E-state index contributed by atoms with van der Waals surface area (Å²) in [5.41, 5.74) is 0.855. The summed E-state index contributed by atoms with van der Waals surface area (Å²) in [7, 11) is 1.56. The number of nitro groups is 1. The molecule has 1 aliphatic rings. The molecule has 1 amide bonds. The van der Waals surface area contributed by atoms with Crippen molar-refractivity contribution >= 4 is 17.7 Å². The molecule has 0 aromatic heterocycles. The quantitative estimate of drug-likeness (QED) is 0.382. The molecule has 1 aromatic carbocycles. The molecule has 28 heavy (non-hydrogen) atoms. The molecule has 9 heteroatoms. The van der Waals surface area contributed by atoms with Crippen molar-refractivity contribution < 1.29 is 28.8 Å². The fraction of sp³-hybridized carbons (Fsp3) is 0.526. The molecule has 2 rings (SSSR count). The van der Waals surface area contributed by atoms with E-state index in [2.05, 4.69) is 5.32 Å². The van der Waals surface area contributed by atoms with E-state index in [9.17, 15) is 24.5 Å². The lowest BCUT2D eigenvalue weighted by molar-refractivity contribution is -0.490. The zero-order valence-electron chi connectivity index (χ0n) is 15.9. The predicted molar refractivity (Wildman–Crippen MR) is 98.0 cm³/mol. The third-order valence-corrected chi connectivity index (χ3v) is 4.94. The lowest BCUT2D eigenvalue weighted by Crippen LogP contribution is -2.30. The van der Waals surface area contributed by atoms with Crippen LogP contribution in [0.25, 0.3) is 0 Å². The van der Waals surface area contributed by atoms with E-state index in [1.807, 2.05) is 0 Å². The summed E-state index contributed by atoms with van der Waals surface area (Å²) in [4.78, 5) is 46.2. The number of ether oxygens (including phenoxy) is 2. The predicted octanol–water partition coefficient (Wildman–Crippen LogP) is 1.36. The van der Waals surface area contributed by atoms with E-state index < -0.39 is 35.2 Å². The topological polar surface area (TPSA) is 125 Å². The molecule has 1 aliphatic carbocycles. The van der Waals surface area contributed by atoms with Gasteiger partial charge in [0.2, 0.25) is 6.54 Å². The van der Waals surface area contributed by atoms with E-state index in [4.69, 9.17) is 9.47 Å². The molecule has 0 unspecified atom stereocenters. The maximum absolute atomic E-state index is 12.0. The molecule has 0 aliphatic heterocycles. The molecule has 0 heterocycles. The van der Waals surface area contributed by atoms with Gasteiger partial charge in [-0.3, -0.25) is 24.5 Å². The molecule has 1 fully saturated rings. The Morgan fingerprint density at radius 1 is 1.29 bits per heavy atom. The van der Waals surface area contributed by atoms with Gasteiger partial charge < -0.3 is 14.8 Å². The zero-order valence-corrected chi connectivity index (χ0v) is 15.9. The highest BCUT2D eigenvalue weighted by atomic mass is 16.6. The molecule has 0 spiro atoms. The largest absolute Gasteiger partial charge is 0.497 e. The highest BCUT2D eigenvalue weighted by molar-refractivity contribution is 5.88. The first-order chi connectivity index (χ1) is 13.3. The Labute approximate surface area is 162 Å². The van der Waals surface area contributed by atoms with Crippen LogP contribution in [0.3, 0.4) is 0 Å². The highest BCUT2D eigenvalue weighted by Crippen LogP contribution is 2.36. The average molecular weight is 392 g/mol. The van der Waals surface area contributed by atoms with Gasteiger partial charge in [0.25, 0.3) is 5.91 Å². The van der Waals surface area contributed by atoms with Gasteiger partial charge in [-0.15, -0.1) is 0 Å². The van der Waals surface area contributed by atoms with Gasteiger partial charge in [-0.2, -0.15) is 0 Å². The number of carbonyl (C=O) groups excluding carboxylic acids is 3. The lowest BCUT2D eigenvalue weighted by atomic mass is 9.88. The average Bonchev–Trinajstić information content (AvgIpc) is 2.91. The summed E-state index contributed by atoms with van der Waals surface area (Å²) in [6.07, 6.45) is -0.0216. The Morgan fingerprint density at radius 2 is 1.96 bits per heavy atom. The summed E-state index contributed by atoms with van der Waals surface area (Å²) < 4.78 is 9.99. The number of benzene rings is 1. The van der Waals surface area contributed by atoms with Crippen molar-refractivity contribution in [1.82, 2.24) is 5.32 Å². The number of hydrogen-bond acceptors (Lipinski definition) is 7. The first-order valence-corrected chi connectivity index (χ1v) is 9.00. The summed E-state index contributed by atoms with van der Waals surface area (Å²) in [5.74, 6) is -2.01. The number of amides is 1. The van der Waals surface area contributed by atoms with Gasteiger partial charge >= 0.3 is 5.97 Å². The van der Waals surface area contributed by atoms with E-state index in [0.717, 1.165) is 5.56 Å². The van der Waals surface area contributed by atoms with E-state index in [1.165, 1.54) is 0 Å². The molecule has 0 radical (unpaired) electrons. The molecular weight excluding hydrogens is 368 g/mol. The van der Waals surface area contributed by atoms with Crippen molar-refractivity contribution in [3.05, 3.63) is 39.9 Å². The minimum atomic E-state index is -0.727. The van der Waals surface area contributed by atoms with Gasteiger partial charge in [0, 0.05) is 29.7 Å². The number of methoxy groups -OCH3 is 1. The van der Waals surface area contributed by atoms with Crippen LogP contribution < -0.4 is 10.1 Å². The van der Waals surface area contributed by atoms with Crippen LogP contribution in [0.4, 0.5) is 0 Å². The standard InChI is InChI=1S/C19H24N2O7/c1-12-7-17(22)15(16(12)10-21(25)26)8-19(24)28-11-18(23)20-9-13-3-5-14(27-2)6-4-13/h3-6,12,15-16H,7-11H2,1-2H3,(H,20,23)/t12-,15-,16+/m0/s1. The SMILES string of the molecule is COc1ccc(CNC(=O)COC(=O)C[C@@H]2C(=O)C[C@H](C)[C@H]2C[N+](=O)[O-])cc1. The number of nitrogens with zero attached hydrogens (tertiary/aromatic N) is 1. The number of Topliss-reactive ketones (excluding diaryl/α,β-unsaturated/α-hetero) is 1. The van der Waals surface area contributed by atoms with Gasteiger partial charge in [0.05, 0.1) is 13.5 Å². The Morgan fingerprint density at radius 3 is 2.57 bits per heavy atom. The minimum absolute atomic E-state index is 0.150. The fourth-order valence-electron chi connectivity index (χ4n) is 3.38. The molecule has 1 aromatic rings. The van der Waals surface area contributed by atoms with Crippen LogP contribution in [0.2, 0.25) is 0 Å². The molecule has 3 atom stereocenters. The number of hydrogen-bond donors (Lipinski definition) is 1. The third kappa shape index (κ3) is 6.04. The first-order valence-electron chi connectivity index (χ1n) is 9.00. The Balaban J connectivity index is 1.76. The van der Waals surface area contributed by atoms with Gasteiger partial charge in [-0.05, 0) is 23.6 Å². The van der Waals surface area contributed by atoms with Crippen LogP contribution in [0.5, 0.6) is 5.75 Å².